The molecule has 1 aliphatic rings. The summed E-state index contributed by atoms with van der Waals surface area (Å²) in [5.41, 5.74) is 1.46. The number of hydrogen-bond donors (Lipinski definition) is 1. The molecule has 0 radical (unpaired) electrons. The van der Waals surface area contributed by atoms with E-state index in [1.807, 2.05) is 26.1 Å². The van der Waals surface area contributed by atoms with Crippen LogP contribution in [0.3, 0.4) is 0 Å². The highest BCUT2D eigenvalue weighted by Crippen LogP contribution is 2.22. The lowest BCUT2D eigenvalue weighted by Crippen LogP contribution is -2.54. The summed E-state index contributed by atoms with van der Waals surface area (Å²) < 4.78 is 0. The van der Waals surface area contributed by atoms with E-state index in [1.54, 1.807) is 11.0 Å². The van der Waals surface area contributed by atoms with Crippen molar-refractivity contribution in [1.29, 1.82) is 0 Å². The van der Waals surface area contributed by atoms with Crippen molar-refractivity contribution in [1.82, 2.24) is 9.80 Å². The van der Waals surface area contributed by atoms with Gasteiger partial charge in [-0.15, -0.1) is 0 Å². The van der Waals surface area contributed by atoms with E-state index in [9.17, 15) is 9.90 Å². The summed E-state index contributed by atoms with van der Waals surface area (Å²) in [5.74, 6) is -0.0466. The van der Waals surface area contributed by atoms with Gasteiger partial charge in [-0.1, -0.05) is 23.7 Å². The zero-order valence-electron chi connectivity index (χ0n) is 11.3. The van der Waals surface area contributed by atoms with Gasteiger partial charge < -0.3 is 10.0 Å². The van der Waals surface area contributed by atoms with Crippen molar-refractivity contribution in [3.05, 3.63) is 34.3 Å². The molecule has 1 saturated heterocycles. The molecule has 0 aliphatic carbocycles. The topological polar surface area (TPSA) is 43.8 Å². The van der Waals surface area contributed by atoms with Crippen molar-refractivity contribution in [2.24, 2.45) is 0 Å². The van der Waals surface area contributed by atoms with E-state index in [0.29, 0.717) is 23.7 Å². The molecule has 104 valence electrons. The van der Waals surface area contributed by atoms with Gasteiger partial charge in [0.15, 0.2) is 0 Å². The Morgan fingerprint density at radius 3 is 2.84 bits per heavy atom. The summed E-state index contributed by atoms with van der Waals surface area (Å²) in [4.78, 5) is 16.4. The number of hydrogen-bond acceptors (Lipinski definition) is 3. The van der Waals surface area contributed by atoms with Gasteiger partial charge >= 0.3 is 0 Å². The van der Waals surface area contributed by atoms with Crippen LogP contribution in [-0.4, -0.2) is 60.1 Å². The molecule has 0 aromatic heterocycles. The molecule has 1 aromatic carbocycles. The van der Waals surface area contributed by atoms with Crippen LogP contribution in [0.5, 0.6) is 0 Å². The van der Waals surface area contributed by atoms with E-state index in [4.69, 9.17) is 11.6 Å². The molecule has 1 unspecified atom stereocenters. The minimum absolute atomic E-state index is 0.000457. The molecule has 1 aliphatic heterocycles. The van der Waals surface area contributed by atoms with Gasteiger partial charge in [0, 0.05) is 19.6 Å². The zero-order chi connectivity index (χ0) is 14.0. The minimum atomic E-state index is -0.0466. The van der Waals surface area contributed by atoms with Crippen LogP contribution in [0.2, 0.25) is 5.02 Å². The number of aliphatic hydroxyl groups is 1. The second-order valence-corrected chi connectivity index (χ2v) is 5.41. The lowest BCUT2D eigenvalue weighted by Gasteiger charge is -2.38. The number of halogens is 1. The van der Waals surface area contributed by atoms with Crippen molar-refractivity contribution in [3.8, 4) is 0 Å². The fraction of sp³-hybridized carbons (Fsp3) is 0.500. The molecular weight excluding hydrogens is 264 g/mol. The Hall–Kier alpha value is -1.10. The molecule has 4 nitrogen and oxygen atoms in total. The largest absolute Gasteiger partial charge is 0.395 e. The average molecular weight is 283 g/mol. The Morgan fingerprint density at radius 2 is 2.21 bits per heavy atom. The van der Waals surface area contributed by atoms with E-state index in [2.05, 4.69) is 4.90 Å². The number of rotatable bonds is 2. The third-order valence-electron chi connectivity index (χ3n) is 3.71. The molecule has 2 rings (SSSR count). The molecule has 1 atom stereocenters. The smallest absolute Gasteiger partial charge is 0.255 e. The third kappa shape index (κ3) is 2.91. The quantitative estimate of drug-likeness (QED) is 0.892. The predicted molar refractivity (Wildman–Crippen MR) is 75.6 cm³/mol. The first-order valence-electron chi connectivity index (χ1n) is 6.40. The van der Waals surface area contributed by atoms with Crippen LogP contribution in [-0.2, 0) is 0 Å². The Morgan fingerprint density at radius 1 is 1.47 bits per heavy atom. The minimum Gasteiger partial charge on any atom is -0.395 e. The van der Waals surface area contributed by atoms with Gasteiger partial charge in [-0.05, 0) is 25.6 Å². The fourth-order valence-electron chi connectivity index (χ4n) is 2.39. The molecular formula is C14H19ClN2O2. The SMILES string of the molecule is Cc1cccc(Cl)c1C(=O)N1CCN(C)C(CO)C1. The van der Waals surface area contributed by atoms with Crippen LogP contribution in [0.4, 0.5) is 0 Å². The van der Waals surface area contributed by atoms with Crippen LogP contribution in [0.1, 0.15) is 15.9 Å². The second kappa shape index (κ2) is 5.90. The maximum atomic E-state index is 12.6. The van der Waals surface area contributed by atoms with E-state index in [1.165, 1.54) is 0 Å². The number of benzene rings is 1. The summed E-state index contributed by atoms with van der Waals surface area (Å²) >= 11 is 6.14. The molecule has 1 heterocycles. The normalized spacial score (nSPS) is 20.6. The number of aryl methyl sites for hydroxylation is 1. The predicted octanol–water partition coefficient (Wildman–Crippen LogP) is 1.40. The number of aliphatic hydroxyl groups excluding tert-OH is 1. The van der Waals surface area contributed by atoms with Crippen LogP contribution in [0.15, 0.2) is 18.2 Å². The number of carbonyl (C=O) groups is 1. The summed E-state index contributed by atoms with van der Waals surface area (Å²) in [6, 6.07) is 5.47. The molecule has 1 amide bonds. The zero-order valence-corrected chi connectivity index (χ0v) is 12.0. The second-order valence-electron chi connectivity index (χ2n) is 5.00. The van der Waals surface area contributed by atoms with E-state index < -0.39 is 0 Å². The van der Waals surface area contributed by atoms with Gasteiger partial charge in [-0.3, -0.25) is 9.69 Å². The molecule has 19 heavy (non-hydrogen) atoms. The van der Waals surface area contributed by atoms with Gasteiger partial charge in [0.05, 0.1) is 23.2 Å². The Kier molecular flexibility index (Phi) is 4.45. The lowest BCUT2D eigenvalue weighted by atomic mass is 10.1. The third-order valence-corrected chi connectivity index (χ3v) is 4.03. The summed E-state index contributed by atoms with van der Waals surface area (Å²) in [7, 11) is 1.96. The molecule has 1 N–H and O–H groups in total. The summed E-state index contributed by atoms with van der Waals surface area (Å²) in [6.45, 7) is 3.91. The lowest BCUT2D eigenvalue weighted by molar-refractivity contribution is 0.0420. The van der Waals surface area contributed by atoms with Crippen LogP contribution in [0, 0.1) is 6.92 Å². The highest BCUT2D eigenvalue weighted by Gasteiger charge is 2.28. The van der Waals surface area contributed by atoms with Gasteiger partial charge in [-0.25, -0.2) is 0 Å². The highest BCUT2D eigenvalue weighted by atomic mass is 35.5. The molecule has 5 heteroatoms. The standard InChI is InChI=1S/C14H19ClN2O2/c1-10-4-3-5-12(15)13(10)14(19)17-7-6-16(2)11(8-17)9-18/h3-5,11,18H,6-9H2,1-2H3. The molecule has 1 fully saturated rings. The maximum absolute atomic E-state index is 12.6. The van der Waals surface area contributed by atoms with E-state index >= 15 is 0 Å². The number of likely N-dealkylation sites (N-methyl/N-ethyl adjacent to an activating group) is 1. The van der Waals surface area contributed by atoms with Gasteiger partial charge in [0.25, 0.3) is 5.91 Å². The van der Waals surface area contributed by atoms with Crippen LogP contribution < -0.4 is 0 Å². The van der Waals surface area contributed by atoms with Gasteiger partial charge in [0.2, 0.25) is 0 Å². The first kappa shape index (κ1) is 14.3. The van der Waals surface area contributed by atoms with Crippen LogP contribution in [0.25, 0.3) is 0 Å². The molecule has 1 aromatic rings. The number of nitrogens with zero attached hydrogens (tertiary/aromatic N) is 2. The maximum Gasteiger partial charge on any atom is 0.255 e. The molecule has 0 bridgehead atoms. The fourth-order valence-corrected chi connectivity index (χ4v) is 2.69. The monoisotopic (exact) mass is 282 g/mol. The summed E-state index contributed by atoms with van der Waals surface area (Å²) in [6.07, 6.45) is 0. The summed E-state index contributed by atoms with van der Waals surface area (Å²) in [5, 5.41) is 9.83. The first-order valence-corrected chi connectivity index (χ1v) is 6.78. The number of carbonyl (C=O) groups excluding carboxylic acids is 1. The van der Waals surface area contributed by atoms with Gasteiger partial charge in [-0.2, -0.15) is 0 Å². The van der Waals surface area contributed by atoms with Crippen molar-refractivity contribution >= 4 is 17.5 Å². The first-order chi connectivity index (χ1) is 9.04. The molecule has 0 spiro atoms. The van der Waals surface area contributed by atoms with E-state index in [0.717, 1.165) is 12.1 Å². The Labute approximate surface area is 118 Å². The van der Waals surface area contributed by atoms with Gasteiger partial charge in [0.1, 0.15) is 0 Å². The Bertz CT molecular complexity index is 458. The average Bonchev–Trinajstić information content (AvgIpc) is 2.39. The van der Waals surface area contributed by atoms with Crippen LogP contribution >= 0.6 is 11.6 Å². The number of piperazine rings is 1. The van der Waals surface area contributed by atoms with Crippen molar-refractivity contribution in [2.75, 3.05) is 33.3 Å². The Balaban J connectivity index is 2.20. The highest BCUT2D eigenvalue weighted by molar-refractivity contribution is 6.34. The van der Waals surface area contributed by atoms with Crippen molar-refractivity contribution < 1.29 is 9.90 Å². The van der Waals surface area contributed by atoms with Crippen molar-refractivity contribution in [3.63, 3.8) is 0 Å². The van der Waals surface area contributed by atoms with Crippen molar-refractivity contribution in [2.45, 2.75) is 13.0 Å². The van der Waals surface area contributed by atoms with E-state index in [-0.39, 0.29) is 18.6 Å². The number of amides is 1. The molecule has 0 saturated carbocycles.